The van der Waals surface area contributed by atoms with Crippen LogP contribution in [0.15, 0.2) is 30.5 Å². The van der Waals surface area contributed by atoms with Gasteiger partial charge in [-0.2, -0.15) is 0 Å². The zero-order valence-corrected chi connectivity index (χ0v) is 20.7. The van der Waals surface area contributed by atoms with Crippen LogP contribution in [0, 0.1) is 18.8 Å². The largest absolute Gasteiger partial charge is 0.372 e. The van der Waals surface area contributed by atoms with Crippen molar-refractivity contribution in [3.05, 3.63) is 51.5 Å². The number of aromatic nitrogens is 1. The molecule has 4 heterocycles. The predicted molar refractivity (Wildman–Crippen MR) is 133 cm³/mol. The number of thiophene rings is 1. The van der Waals surface area contributed by atoms with E-state index < -0.39 is 0 Å². The molecule has 2 unspecified atom stereocenters. The molecule has 6 nitrogen and oxygen atoms in total. The number of carbonyl (C=O) groups is 2. The molecule has 34 heavy (non-hydrogen) atoms. The van der Waals surface area contributed by atoms with E-state index in [0.29, 0.717) is 11.6 Å². The molecule has 176 valence electrons. The van der Waals surface area contributed by atoms with Crippen molar-refractivity contribution in [3.8, 4) is 11.1 Å². The number of nitrogens with one attached hydrogen (secondary N) is 1. The van der Waals surface area contributed by atoms with Gasteiger partial charge in [-0.1, -0.05) is 11.6 Å². The second-order valence-corrected chi connectivity index (χ2v) is 11.2. The van der Waals surface area contributed by atoms with Crippen molar-refractivity contribution in [1.29, 1.82) is 0 Å². The zero-order chi connectivity index (χ0) is 23.6. The van der Waals surface area contributed by atoms with Crippen LogP contribution >= 0.6 is 22.9 Å². The Morgan fingerprint density at radius 3 is 2.74 bits per heavy atom. The summed E-state index contributed by atoms with van der Waals surface area (Å²) < 4.78 is 7.23. The SMILES string of the molecule is Cc1cc(Cl)cc(-c2ccnc3cc(CN4C(=O)C5CC5C4=O)sc23)c1C[C@@H]1CNC[C@@H](C)O1. The first-order chi connectivity index (χ1) is 16.4. The van der Waals surface area contributed by atoms with Gasteiger partial charge in [0.15, 0.2) is 0 Å². The van der Waals surface area contributed by atoms with Gasteiger partial charge >= 0.3 is 0 Å². The molecule has 8 heteroatoms. The number of imide groups is 1. The molecular formula is C26H26ClN3O3S. The van der Waals surface area contributed by atoms with Crippen LogP contribution in [0.1, 0.15) is 29.3 Å². The van der Waals surface area contributed by atoms with Crippen LogP contribution in [0.25, 0.3) is 21.3 Å². The Balaban J connectivity index is 1.37. The van der Waals surface area contributed by atoms with E-state index in [1.807, 2.05) is 30.5 Å². The standard InChI is InChI=1S/C26H26ClN3O3S/c1-13-5-15(27)6-20(19(13)7-16-11-28-10-14(2)33-16)18-3-4-29-23-8-17(34-24(18)23)12-30-25(31)21-9-22(21)26(30)32/h3-6,8,14,16,21-22,28H,7,9-12H2,1-2H3/t14-,16-,21?,22?/m1/s1. The number of likely N-dealkylation sites (tertiary alicyclic amines) is 1. The van der Waals surface area contributed by atoms with E-state index in [2.05, 4.69) is 24.1 Å². The van der Waals surface area contributed by atoms with Gasteiger partial charge in [0, 0.05) is 41.2 Å². The van der Waals surface area contributed by atoms with Crippen LogP contribution in [-0.2, 0) is 27.3 Å². The molecule has 0 radical (unpaired) electrons. The third-order valence-electron chi connectivity index (χ3n) is 7.12. The third-order valence-corrected chi connectivity index (χ3v) is 8.48. The fraction of sp³-hybridized carbons (Fsp3) is 0.423. The summed E-state index contributed by atoms with van der Waals surface area (Å²) >= 11 is 8.12. The quantitative estimate of drug-likeness (QED) is 0.533. The second kappa shape index (κ2) is 8.41. The highest BCUT2D eigenvalue weighted by atomic mass is 35.5. The molecule has 6 rings (SSSR count). The van der Waals surface area contributed by atoms with Crippen LogP contribution < -0.4 is 5.32 Å². The Labute approximate surface area is 207 Å². The minimum atomic E-state index is -0.0771. The lowest BCUT2D eigenvalue weighted by molar-refractivity contribution is -0.141. The number of amides is 2. The molecule has 3 aromatic rings. The average molecular weight is 496 g/mol. The summed E-state index contributed by atoms with van der Waals surface area (Å²) in [5.41, 5.74) is 5.38. The summed E-state index contributed by atoms with van der Waals surface area (Å²) in [6.07, 6.45) is 3.61. The van der Waals surface area contributed by atoms with Gasteiger partial charge in [0.1, 0.15) is 0 Å². The molecular weight excluding hydrogens is 470 g/mol. The number of fused-ring (bicyclic) bond motifs is 2. The highest BCUT2D eigenvalue weighted by molar-refractivity contribution is 7.19. The second-order valence-electron chi connectivity index (χ2n) is 9.68. The Bertz CT molecular complexity index is 1300. The number of halogens is 1. The molecule has 1 N–H and O–H groups in total. The third kappa shape index (κ3) is 3.85. The summed E-state index contributed by atoms with van der Waals surface area (Å²) in [7, 11) is 0. The van der Waals surface area contributed by atoms with Crippen LogP contribution in [0.5, 0.6) is 0 Å². The molecule has 2 amide bonds. The van der Waals surface area contributed by atoms with E-state index in [-0.39, 0.29) is 35.9 Å². The number of pyridine rings is 1. The van der Waals surface area contributed by atoms with Gasteiger partial charge in [-0.15, -0.1) is 11.3 Å². The topological polar surface area (TPSA) is 71.5 Å². The van der Waals surface area contributed by atoms with Crippen molar-refractivity contribution >= 4 is 45.0 Å². The van der Waals surface area contributed by atoms with Crippen molar-refractivity contribution in [1.82, 2.24) is 15.2 Å². The number of rotatable bonds is 5. The van der Waals surface area contributed by atoms with Gasteiger partial charge in [-0.25, -0.2) is 0 Å². The van der Waals surface area contributed by atoms with Crippen molar-refractivity contribution < 1.29 is 14.3 Å². The lowest BCUT2D eigenvalue weighted by Gasteiger charge is -2.30. The maximum atomic E-state index is 12.5. The molecule has 0 bridgehead atoms. The Hall–Kier alpha value is -2.32. The smallest absolute Gasteiger partial charge is 0.233 e. The van der Waals surface area contributed by atoms with Gasteiger partial charge in [0.2, 0.25) is 11.8 Å². The molecule has 2 aromatic heterocycles. The Kier molecular flexibility index (Phi) is 5.48. The highest BCUT2D eigenvalue weighted by Gasteiger charge is 2.58. The highest BCUT2D eigenvalue weighted by Crippen LogP contribution is 2.48. The molecule has 1 aromatic carbocycles. The molecule has 1 aliphatic carbocycles. The normalized spacial score (nSPS) is 26.4. The van der Waals surface area contributed by atoms with E-state index >= 15 is 0 Å². The van der Waals surface area contributed by atoms with E-state index in [0.717, 1.165) is 57.7 Å². The molecule has 4 atom stereocenters. The first-order valence-corrected chi connectivity index (χ1v) is 13.0. The lowest BCUT2D eigenvalue weighted by atomic mass is 9.92. The van der Waals surface area contributed by atoms with E-state index in [1.165, 1.54) is 10.5 Å². The van der Waals surface area contributed by atoms with E-state index in [9.17, 15) is 9.59 Å². The minimum Gasteiger partial charge on any atom is -0.372 e. The zero-order valence-electron chi connectivity index (χ0n) is 19.1. The van der Waals surface area contributed by atoms with Gasteiger partial charge in [-0.3, -0.25) is 19.5 Å². The Morgan fingerprint density at radius 1 is 1.18 bits per heavy atom. The van der Waals surface area contributed by atoms with Crippen molar-refractivity contribution in [2.45, 2.75) is 45.4 Å². The monoisotopic (exact) mass is 495 g/mol. The number of ether oxygens (including phenoxy) is 1. The van der Waals surface area contributed by atoms with E-state index in [1.54, 1.807) is 11.3 Å². The summed E-state index contributed by atoms with van der Waals surface area (Å²) in [5, 5.41) is 4.15. The summed E-state index contributed by atoms with van der Waals surface area (Å²) in [5.74, 6) is -0.203. The summed E-state index contributed by atoms with van der Waals surface area (Å²) in [6, 6.07) is 8.06. The number of hydrogen-bond donors (Lipinski definition) is 1. The van der Waals surface area contributed by atoms with Crippen molar-refractivity contribution in [3.63, 3.8) is 0 Å². The molecule has 2 saturated heterocycles. The summed E-state index contributed by atoms with van der Waals surface area (Å²) in [6.45, 7) is 6.20. The number of aryl methyl sites for hydroxylation is 1. The van der Waals surface area contributed by atoms with Crippen LogP contribution in [0.4, 0.5) is 0 Å². The number of benzene rings is 1. The van der Waals surface area contributed by atoms with Gasteiger partial charge < -0.3 is 10.1 Å². The summed E-state index contributed by atoms with van der Waals surface area (Å²) in [4.78, 5) is 31.9. The van der Waals surface area contributed by atoms with Crippen molar-refractivity contribution in [2.24, 2.45) is 11.8 Å². The van der Waals surface area contributed by atoms with E-state index in [4.69, 9.17) is 16.3 Å². The van der Waals surface area contributed by atoms with Gasteiger partial charge in [0.05, 0.1) is 40.8 Å². The molecule has 3 fully saturated rings. The fourth-order valence-electron chi connectivity index (χ4n) is 5.34. The van der Waals surface area contributed by atoms with Crippen LogP contribution in [0.2, 0.25) is 5.02 Å². The minimum absolute atomic E-state index is 0.0243. The molecule has 3 aliphatic rings. The predicted octanol–water partition coefficient (Wildman–Crippen LogP) is 4.35. The maximum absolute atomic E-state index is 12.5. The number of piperidine rings is 1. The molecule has 1 saturated carbocycles. The number of hydrogen-bond acceptors (Lipinski definition) is 6. The van der Waals surface area contributed by atoms with Gasteiger partial charge in [0.25, 0.3) is 0 Å². The van der Waals surface area contributed by atoms with Gasteiger partial charge in [-0.05, 0) is 61.2 Å². The lowest BCUT2D eigenvalue weighted by Crippen LogP contribution is -2.44. The first-order valence-electron chi connectivity index (χ1n) is 11.8. The average Bonchev–Trinajstić information content (AvgIpc) is 3.44. The fourth-order valence-corrected chi connectivity index (χ4v) is 6.75. The number of morpholine rings is 1. The Morgan fingerprint density at radius 2 is 1.97 bits per heavy atom. The molecule has 0 spiro atoms. The molecule has 2 aliphatic heterocycles. The number of nitrogens with zero attached hydrogens (tertiary/aromatic N) is 2. The maximum Gasteiger partial charge on any atom is 0.233 e. The first kappa shape index (κ1) is 22.2. The van der Waals surface area contributed by atoms with Crippen LogP contribution in [-0.4, -0.2) is 47.0 Å². The van der Waals surface area contributed by atoms with Crippen molar-refractivity contribution in [2.75, 3.05) is 13.1 Å². The number of carbonyl (C=O) groups excluding carboxylic acids is 2. The van der Waals surface area contributed by atoms with Crippen LogP contribution in [0.3, 0.4) is 0 Å².